The lowest BCUT2D eigenvalue weighted by molar-refractivity contribution is 0.836. The standard InChI is InChI=1S/C16H14N4O/c1-12(13-8-4-2-5-9-13)19-20-15(17-18-16(20)21)14-10-6-3-7-11-14/h2-11H,1H3,(H,18,21)/b19-12+. The SMILES string of the molecule is C/C(=N\n1c(-c2ccccc2)n[nH]c1=O)c1ccccc1. The molecule has 0 atom stereocenters. The van der Waals surface area contributed by atoms with Crippen LogP contribution in [0, 0.1) is 0 Å². The number of H-pyrrole nitrogens is 1. The van der Waals surface area contributed by atoms with Crippen molar-refractivity contribution >= 4 is 5.71 Å². The normalized spacial score (nSPS) is 11.6. The van der Waals surface area contributed by atoms with E-state index < -0.39 is 0 Å². The molecule has 21 heavy (non-hydrogen) atoms. The third-order valence-corrected chi connectivity index (χ3v) is 3.12. The zero-order chi connectivity index (χ0) is 14.7. The van der Waals surface area contributed by atoms with Crippen LogP contribution in [-0.2, 0) is 0 Å². The topological polar surface area (TPSA) is 63.0 Å². The van der Waals surface area contributed by atoms with Gasteiger partial charge in [-0.1, -0.05) is 60.7 Å². The van der Waals surface area contributed by atoms with Gasteiger partial charge in [-0.25, -0.2) is 9.89 Å². The van der Waals surface area contributed by atoms with Crippen LogP contribution in [0.4, 0.5) is 0 Å². The largest absolute Gasteiger partial charge is 0.364 e. The lowest BCUT2D eigenvalue weighted by Crippen LogP contribution is -2.15. The molecule has 0 saturated carbocycles. The first-order valence-corrected chi connectivity index (χ1v) is 6.59. The molecule has 1 heterocycles. The van der Waals surface area contributed by atoms with E-state index in [0.29, 0.717) is 5.82 Å². The Morgan fingerprint density at radius 2 is 1.67 bits per heavy atom. The van der Waals surface area contributed by atoms with E-state index >= 15 is 0 Å². The molecule has 3 aromatic rings. The van der Waals surface area contributed by atoms with Crippen molar-refractivity contribution in [3.63, 3.8) is 0 Å². The van der Waals surface area contributed by atoms with E-state index in [9.17, 15) is 4.79 Å². The summed E-state index contributed by atoms with van der Waals surface area (Å²) in [6.07, 6.45) is 0. The first kappa shape index (κ1) is 13.1. The van der Waals surface area contributed by atoms with E-state index in [-0.39, 0.29) is 5.69 Å². The number of nitrogens with one attached hydrogen (secondary N) is 1. The summed E-state index contributed by atoms with van der Waals surface area (Å²) in [4.78, 5) is 11.9. The van der Waals surface area contributed by atoms with E-state index in [1.54, 1.807) is 0 Å². The van der Waals surface area contributed by atoms with Gasteiger partial charge in [0, 0.05) is 5.56 Å². The van der Waals surface area contributed by atoms with Crippen LogP contribution in [0.2, 0.25) is 0 Å². The Morgan fingerprint density at radius 1 is 1.05 bits per heavy atom. The summed E-state index contributed by atoms with van der Waals surface area (Å²) in [7, 11) is 0. The smallest absolute Gasteiger partial charge is 0.244 e. The van der Waals surface area contributed by atoms with Gasteiger partial charge < -0.3 is 0 Å². The molecule has 0 bridgehead atoms. The van der Waals surface area contributed by atoms with E-state index in [4.69, 9.17) is 0 Å². The lowest BCUT2D eigenvalue weighted by Gasteiger charge is -2.03. The quantitative estimate of drug-likeness (QED) is 0.748. The van der Waals surface area contributed by atoms with Crippen molar-refractivity contribution in [2.24, 2.45) is 5.10 Å². The number of nitrogens with zero attached hydrogens (tertiary/aromatic N) is 3. The Labute approximate surface area is 121 Å². The number of rotatable bonds is 3. The summed E-state index contributed by atoms with van der Waals surface area (Å²) in [6, 6.07) is 19.2. The van der Waals surface area contributed by atoms with E-state index in [0.717, 1.165) is 16.8 Å². The molecule has 104 valence electrons. The highest BCUT2D eigenvalue weighted by Gasteiger charge is 2.10. The van der Waals surface area contributed by atoms with Gasteiger partial charge in [0.25, 0.3) is 0 Å². The summed E-state index contributed by atoms with van der Waals surface area (Å²) in [5.41, 5.74) is 2.19. The maximum atomic E-state index is 11.9. The van der Waals surface area contributed by atoms with Crippen molar-refractivity contribution in [1.82, 2.24) is 14.9 Å². The van der Waals surface area contributed by atoms with Gasteiger partial charge in [0.2, 0.25) is 0 Å². The average Bonchev–Trinajstić information content (AvgIpc) is 2.90. The molecule has 5 heteroatoms. The molecule has 0 saturated heterocycles. The molecule has 0 unspecified atom stereocenters. The Kier molecular flexibility index (Phi) is 3.47. The monoisotopic (exact) mass is 278 g/mol. The predicted molar refractivity (Wildman–Crippen MR) is 82.3 cm³/mol. The van der Waals surface area contributed by atoms with Gasteiger partial charge in [0.1, 0.15) is 0 Å². The third kappa shape index (κ3) is 2.67. The van der Waals surface area contributed by atoms with Gasteiger partial charge in [0.05, 0.1) is 5.71 Å². The van der Waals surface area contributed by atoms with Crippen LogP contribution in [0.5, 0.6) is 0 Å². The predicted octanol–water partition coefficient (Wildman–Crippen LogP) is 2.51. The maximum Gasteiger partial charge on any atom is 0.364 e. The van der Waals surface area contributed by atoms with Crippen molar-refractivity contribution in [2.75, 3.05) is 0 Å². The summed E-state index contributed by atoms with van der Waals surface area (Å²) in [6.45, 7) is 1.86. The molecule has 1 N–H and O–H groups in total. The molecule has 0 radical (unpaired) electrons. The second-order valence-corrected chi connectivity index (χ2v) is 4.58. The highest BCUT2D eigenvalue weighted by atomic mass is 16.2. The Hall–Kier alpha value is -2.95. The number of hydrogen-bond donors (Lipinski definition) is 1. The Bertz CT molecular complexity index is 816. The van der Waals surface area contributed by atoms with Gasteiger partial charge in [-0.3, -0.25) is 0 Å². The third-order valence-electron chi connectivity index (χ3n) is 3.12. The zero-order valence-electron chi connectivity index (χ0n) is 11.5. The molecule has 0 aliphatic carbocycles. The summed E-state index contributed by atoms with van der Waals surface area (Å²) < 4.78 is 1.29. The highest BCUT2D eigenvalue weighted by molar-refractivity contribution is 5.98. The fourth-order valence-electron chi connectivity index (χ4n) is 2.05. The second-order valence-electron chi connectivity index (χ2n) is 4.58. The maximum absolute atomic E-state index is 11.9. The molecule has 0 fully saturated rings. The van der Waals surface area contributed by atoms with E-state index in [1.807, 2.05) is 67.6 Å². The molecule has 3 rings (SSSR count). The van der Waals surface area contributed by atoms with Crippen LogP contribution in [0.15, 0.2) is 70.6 Å². The van der Waals surface area contributed by atoms with Crippen molar-refractivity contribution in [1.29, 1.82) is 0 Å². The van der Waals surface area contributed by atoms with Crippen LogP contribution in [0.3, 0.4) is 0 Å². The first-order valence-electron chi connectivity index (χ1n) is 6.59. The minimum absolute atomic E-state index is 0.357. The van der Waals surface area contributed by atoms with Gasteiger partial charge in [0.15, 0.2) is 5.82 Å². The molecule has 0 amide bonds. The summed E-state index contributed by atoms with van der Waals surface area (Å²) in [5, 5.41) is 10.9. The van der Waals surface area contributed by atoms with Crippen molar-refractivity contribution in [2.45, 2.75) is 6.92 Å². The number of benzene rings is 2. The fourth-order valence-corrected chi connectivity index (χ4v) is 2.05. The molecular weight excluding hydrogens is 264 g/mol. The van der Waals surface area contributed by atoms with Gasteiger partial charge in [-0.2, -0.15) is 14.9 Å². The van der Waals surface area contributed by atoms with E-state index in [1.165, 1.54) is 4.68 Å². The van der Waals surface area contributed by atoms with Crippen molar-refractivity contribution in [3.8, 4) is 11.4 Å². The second kappa shape index (κ2) is 5.58. The molecule has 1 aromatic heterocycles. The minimum atomic E-state index is -0.357. The molecule has 5 nitrogen and oxygen atoms in total. The molecule has 2 aromatic carbocycles. The van der Waals surface area contributed by atoms with Gasteiger partial charge in [-0.15, -0.1) is 0 Å². The fraction of sp³-hybridized carbons (Fsp3) is 0.0625. The Balaban J connectivity index is 2.08. The van der Waals surface area contributed by atoms with Crippen LogP contribution in [-0.4, -0.2) is 20.6 Å². The number of hydrogen-bond acceptors (Lipinski definition) is 3. The summed E-state index contributed by atoms with van der Waals surface area (Å²) >= 11 is 0. The molecular formula is C16H14N4O. The highest BCUT2D eigenvalue weighted by Crippen LogP contribution is 2.14. The molecule has 0 aliphatic rings. The number of aromatic nitrogens is 3. The summed E-state index contributed by atoms with van der Waals surface area (Å²) in [5.74, 6) is 0.496. The van der Waals surface area contributed by atoms with Gasteiger partial charge in [-0.05, 0) is 12.5 Å². The van der Waals surface area contributed by atoms with Crippen LogP contribution < -0.4 is 5.69 Å². The van der Waals surface area contributed by atoms with Crippen LogP contribution in [0.25, 0.3) is 11.4 Å². The van der Waals surface area contributed by atoms with Crippen LogP contribution >= 0.6 is 0 Å². The average molecular weight is 278 g/mol. The molecule has 0 aliphatic heterocycles. The number of aromatic amines is 1. The van der Waals surface area contributed by atoms with Gasteiger partial charge >= 0.3 is 5.69 Å². The zero-order valence-corrected chi connectivity index (χ0v) is 11.5. The van der Waals surface area contributed by atoms with Crippen LogP contribution in [0.1, 0.15) is 12.5 Å². The van der Waals surface area contributed by atoms with Crippen molar-refractivity contribution < 1.29 is 0 Å². The first-order chi connectivity index (χ1) is 10.3. The minimum Gasteiger partial charge on any atom is -0.244 e. The molecule has 0 spiro atoms. The Morgan fingerprint density at radius 3 is 2.33 bits per heavy atom. The van der Waals surface area contributed by atoms with E-state index in [2.05, 4.69) is 15.3 Å². The van der Waals surface area contributed by atoms with Crippen molar-refractivity contribution in [3.05, 3.63) is 76.7 Å². The lowest BCUT2D eigenvalue weighted by atomic mass is 10.1.